The Hall–Kier alpha value is -1.80. The lowest BCUT2D eigenvalue weighted by molar-refractivity contribution is -0.126. The minimum Gasteiger partial charge on any atom is -0.492 e. The number of halogens is 2. The molecule has 1 aliphatic heterocycles. The molecule has 0 aliphatic carbocycles. The Balaban J connectivity index is 1.52. The second-order valence-electron chi connectivity index (χ2n) is 7.61. The Labute approximate surface area is 193 Å². The fourth-order valence-corrected chi connectivity index (χ4v) is 5.91. The van der Waals surface area contributed by atoms with Crippen molar-refractivity contribution in [2.45, 2.75) is 25.5 Å². The molecular formula is C22H26Cl2N2O4S. The van der Waals surface area contributed by atoms with Crippen LogP contribution in [0, 0.1) is 12.8 Å². The van der Waals surface area contributed by atoms with E-state index < -0.39 is 15.9 Å². The van der Waals surface area contributed by atoms with Crippen LogP contribution in [0.5, 0.6) is 5.75 Å². The molecule has 1 amide bonds. The molecule has 0 unspecified atom stereocenters. The van der Waals surface area contributed by atoms with E-state index in [2.05, 4.69) is 5.32 Å². The molecule has 1 atom stereocenters. The zero-order valence-corrected chi connectivity index (χ0v) is 19.6. The first-order valence-corrected chi connectivity index (χ1v) is 12.5. The standard InChI is InChI=1S/C22H26Cl2N2O4S/c1-16-5-2-7-18(13-16)30-12-10-25-22(27)17-6-4-11-26(14-17)31(28,29)15-19-20(23)8-3-9-21(19)24/h2-3,5,7-9,13,17H,4,6,10-12,14-15H2,1H3,(H,25,27)/t17-/m0/s1. The number of hydrogen-bond acceptors (Lipinski definition) is 4. The van der Waals surface area contributed by atoms with Gasteiger partial charge in [0.05, 0.1) is 18.2 Å². The summed E-state index contributed by atoms with van der Waals surface area (Å²) in [6.45, 7) is 3.21. The van der Waals surface area contributed by atoms with Gasteiger partial charge in [-0.15, -0.1) is 0 Å². The molecule has 6 nitrogen and oxygen atoms in total. The number of nitrogens with one attached hydrogen (secondary N) is 1. The van der Waals surface area contributed by atoms with Crippen molar-refractivity contribution in [2.24, 2.45) is 5.92 Å². The number of rotatable bonds is 8. The molecule has 0 radical (unpaired) electrons. The molecule has 1 aliphatic rings. The van der Waals surface area contributed by atoms with E-state index in [-0.39, 0.29) is 18.2 Å². The van der Waals surface area contributed by atoms with Gasteiger partial charge in [0.1, 0.15) is 12.4 Å². The Morgan fingerprint density at radius 3 is 2.61 bits per heavy atom. The number of amides is 1. The summed E-state index contributed by atoms with van der Waals surface area (Å²) in [4.78, 5) is 12.6. The average molecular weight is 485 g/mol. The van der Waals surface area contributed by atoms with E-state index in [4.69, 9.17) is 27.9 Å². The van der Waals surface area contributed by atoms with Crippen LogP contribution in [0.4, 0.5) is 0 Å². The Kier molecular flexibility index (Phi) is 8.22. The number of aryl methyl sites for hydroxylation is 1. The zero-order valence-electron chi connectivity index (χ0n) is 17.3. The third kappa shape index (κ3) is 6.59. The molecule has 1 fully saturated rings. The molecule has 31 heavy (non-hydrogen) atoms. The number of sulfonamides is 1. The van der Waals surface area contributed by atoms with Crippen molar-refractivity contribution in [3.8, 4) is 5.75 Å². The van der Waals surface area contributed by atoms with E-state index in [1.54, 1.807) is 18.2 Å². The van der Waals surface area contributed by atoms with E-state index in [9.17, 15) is 13.2 Å². The number of benzene rings is 2. The summed E-state index contributed by atoms with van der Waals surface area (Å²) < 4.78 is 32.9. The number of carbonyl (C=O) groups excluding carboxylic acids is 1. The Morgan fingerprint density at radius 2 is 1.90 bits per heavy atom. The molecule has 1 N–H and O–H groups in total. The normalized spacial score (nSPS) is 17.3. The monoisotopic (exact) mass is 484 g/mol. The van der Waals surface area contributed by atoms with Gasteiger partial charge in [0, 0.05) is 28.7 Å². The van der Waals surface area contributed by atoms with Gasteiger partial charge in [-0.25, -0.2) is 12.7 Å². The van der Waals surface area contributed by atoms with Crippen LogP contribution in [-0.4, -0.2) is 44.9 Å². The molecule has 0 saturated carbocycles. The van der Waals surface area contributed by atoms with Crippen LogP contribution >= 0.6 is 23.2 Å². The quantitative estimate of drug-likeness (QED) is 0.573. The Morgan fingerprint density at radius 1 is 1.19 bits per heavy atom. The van der Waals surface area contributed by atoms with Crippen LogP contribution in [-0.2, 0) is 20.6 Å². The van der Waals surface area contributed by atoms with Crippen molar-refractivity contribution in [3.63, 3.8) is 0 Å². The molecule has 2 aromatic rings. The van der Waals surface area contributed by atoms with Crippen LogP contribution in [0.25, 0.3) is 0 Å². The Bertz CT molecular complexity index is 1010. The van der Waals surface area contributed by atoms with Crippen molar-refractivity contribution in [1.29, 1.82) is 0 Å². The highest BCUT2D eigenvalue weighted by atomic mass is 35.5. The minimum absolute atomic E-state index is 0.148. The van der Waals surface area contributed by atoms with E-state index in [1.807, 2.05) is 31.2 Å². The summed E-state index contributed by atoms with van der Waals surface area (Å²) in [7, 11) is -3.65. The van der Waals surface area contributed by atoms with Gasteiger partial charge in [0.15, 0.2) is 0 Å². The van der Waals surface area contributed by atoms with Crippen LogP contribution in [0.15, 0.2) is 42.5 Å². The number of hydrogen-bond donors (Lipinski definition) is 1. The molecule has 0 spiro atoms. The van der Waals surface area contributed by atoms with Gasteiger partial charge in [0.2, 0.25) is 15.9 Å². The molecule has 1 saturated heterocycles. The van der Waals surface area contributed by atoms with Gasteiger partial charge in [-0.05, 0) is 49.6 Å². The lowest BCUT2D eigenvalue weighted by atomic mass is 9.99. The molecule has 2 aromatic carbocycles. The van der Waals surface area contributed by atoms with Crippen LogP contribution in [0.2, 0.25) is 10.0 Å². The summed E-state index contributed by atoms with van der Waals surface area (Å²) in [6, 6.07) is 12.6. The predicted octanol–water partition coefficient (Wildman–Crippen LogP) is 4.04. The van der Waals surface area contributed by atoms with Crippen LogP contribution in [0.3, 0.4) is 0 Å². The lowest BCUT2D eigenvalue weighted by Gasteiger charge is -2.31. The first-order chi connectivity index (χ1) is 14.8. The van der Waals surface area contributed by atoms with Gasteiger partial charge in [0.25, 0.3) is 0 Å². The van der Waals surface area contributed by atoms with Gasteiger partial charge in [-0.1, -0.05) is 41.4 Å². The van der Waals surface area contributed by atoms with Gasteiger partial charge in [-0.2, -0.15) is 0 Å². The molecule has 9 heteroatoms. The highest BCUT2D eigenvalue weighted by molar-refractivity contribution is 7.88. The molecule has 1 heterocycles. The van der Waals surface area contributed by atoms with Crippen molar-refractivity contribution >= 4 is 39.1 Å². The summed E-state index contributed by atoms with van der Waals surface area (Å²) in [5, 5.41) is 3.48. The van der Waals surface area contributed by atoms with Crippen LogP contribution in [0.1, 0.15) is 24.0 Å². The molecule has 168 valence electrons. The third-order valence-electron chi connectivity index (χ3n) is 5.20. The summed E-state index contributed by atoms with van der Waals surface area (Å²) in [6.07, 6.45) is 1.26. The van der Waals surface area contributed by atoms with Crippen molar-refractivity contribution in [1.82, 2.24) is 9.62 Å². The van der Waals surface area contributed by atoms with Crippen LogP contribution < -0.4 is 10.1 Å². The van der Waals surface area contributed by atoms with Crippen molar-refractivity contribution in [2.75, 3.05) is 26.2 Å². The second kappa shape index (κ2) is 10.7. The number of carbonyl (C=O) groups is 1. The fraction of sp³-hybridized carbons (Fsp3) is 0.409. The predicted molar refractivity (Wildman–Crippen MR) is 123 cm³/mol. The highest BCUT2D eigenvalue weighted by Gasteiger charge is 2.33. The first-order valence-electron chi connectivity index (χ1n) is 10.1. The molecule has 0 aromatic heterocycles. The maximum atomic E-state index is 12.9. The number of nitrogens with zero attached hydrogens (tertiary/aromatic N) is 1. The first kappa shape index (κ1) is 23.9. The minimum atomic E-state index is -3.65. The van der Waals surface area contributed by atoms with Gasteiger partial charge in [-0.3, -0.25) is 4.79 Å². The smallest absolute Gasteiger partial charge is 0.224 e. The van der Waals surface area contributed by atoms with E-state index >= 15 is 0 Å². The maximum Gasteiger partial charge on any atom is 0.224 e. The lowest BCUT2D eigenvalue weighted by Crippen LogP contribution is -2.46. The summed E-state index contributed by atoms with van der Waals surface area (Å²) >= 11 is 12.3. The number of ether oxygens (including phenoxy) is 1. The molecule has 0 bridgehead atoms. The van der Waals surface area contributed by atoms with Gasteiger partial charge < -0.3 is 10.1 Å². The topological polar surface area (TPSA) is 75.7 Å². The van der Waals surface area contributed by atoms with E-state index in [0.29, 0.717) is 48.1 Å². The summed E-state index contributed by atoms with van der Waals surface area (Å²) in [5.41, 5.74) is 1.48. The van der Waals surface area contributed by atoms with Gasteiger partial charge >= 0.3 is 0 Å². The second-order valence-corrected chi connectivity index (χ2v) is 10.4. The third-order valence-corrected chi connectivity index (χ3v) is 7.68. The highest BCUT2D eigenvalue weighted by Crippen LogP contribution is 2.29. The van der Waals surface area contributed by atoms with E-state index in [0.717, 1.165) is 11.3 Å². The van der Waals surface area contributed by atoms with Crippen molar-refractivity contribution < 1.29 is 17.9 Å². The SMILES string of the molecule is Cc1cccc(OCCNC(=O)[C@H]2CCCN(S(=O)(=O)Cc3c(Cl)cccc3Cl)C2)c1. The largest absolute Gasteiger partial charge is 0.492 e. The zero-order chi connectivity index (χ0) is 22.4. The summed E-state index contributed by atoms with van der Waals surface area (Å²) in [5.74, 6) is -0.0976. The van der Waals surface area contributed by atoms with E-state index in [1.165, 1.54) is 4.31 Å². The van der Waals surface area contributed by atoms with Crippen molar-refractivity contribution in [3.05, 3.63) is 63.6 Å². The maximum absolute atomic E-state index is 12.9. The molecule has 3 rings (SSSR count). The fourth-order valence-electron chi connectivity index (χ4n) is 3.55. The molecular weight excluding hydrogens is 459 g/mol. The average Bonchev–Trinajstić information content (AvgIpc) is 2.74. The number of piperidine rings is 1.